The maximum absolute atomic E-state index is 4.53. The lowest BCUT2D eigenvalue weighted by Crippen LogP contribution is -2.05. The molecular formula is C10H18N2. The van der Waals surface area contributed by atoms with Crippen LogP contribution >= 0.6 is 0 Å². The van der Waals surface area contributed by atoms with Crippen molar-refractivity contribution in [3.8, 4) is 0 Å². The van der Waals surface area contributed by atoms with Gasteiger partial charge in [-0.25, -0.2) is 0 Å². The molecular weight excluding hydrogens is 148 g/mol. The van der Waals surface area contributed by atoms with E-state index >= 15 is 0 Å². The maximum Gasteiger partial charge on any atom is 0.0652 e. The van der Waals surface area contributed by atoms with Gasteiger partial charge in [0.2, 0.25) is 0 Å². The average molecular weight is 166 g/mol. The lowest BCUT2D eigenvalue weighted by molar-refractivity contribution is 0.511. The van der Waals surface area contributed by atoms with Crippen LogP contribution in [0.3, 0.4) is 0 Å². The SMILES string of the molecule is Cc1cc(C(C)C)nn1C(C)C. The first-order valence-electron chi connectivity index (χ1n) is 4.58. The third-order valence-electron chi connectivity index (χ3n) is 2.02. The third kappa shape index (κ3) is 1.68. The lowest BCUT2D eigenvalue weighted by Gasteiger charge is -2.07. The molecule has 2 nitrogen and oxygen atoms in total. The lowest BCUT2D eigenvalue weighted by atomic mass is 10.1. The van der Waals surface area contributed by atoms with Crippen LogP contribution in [0, 0.1) is 6.92 Å². The van der Waals surface area contributed by atoms with Gasteiger partial charge in [0.05, 0.1) is 5.69 Å². The Labute approximate surface area is 74.6 Å². The van der Waals surface area contributed by atoms with Crippen LogP contribution < -0.4 is 0 Å². The van der Waals surface area contributed by atoms with Crippen LogP contribution in [0.2, 0.25) is 0 Å². The van der Waals surface area contributed by atoms with Crippen molar-refractivity contribution in [2.75, 3.05) is 0 Å². The van der Waals surface area contributed by atoms with Gasteiger partial charge >= 0.3 is 0 Å². The minimum absolute atomic E-state index is 0.470. The standard InChI is InChI=1S/C10H18N2/c1-7(2)10-6-9(5)12(11-10)8(3)4/h6-8H,1-5H3. The quantitative estimate of drug-likeness (QED) is 0.660. The minimum atomic E-state index is 0.470. The smallest absolute Gasteiger partial charge is 0.0652 e. The zero-order chi connectivity index (χ0) is 9.30. The van der Waals surface area contributed by atoms with Crippen LogP contribution in [0.4, 0.5) is 0 Å². The van der Waals surface area contributed by atoms with Crippen LogP contribution in [0.1, 0.15) is 51.0 Å². The van der Waals surface area contributed by atoms with Crippen molar-refractivity contribution in [3.05, 3.63) is 17.5 Å². The van der Waals surface area contributed by atoms with Crippen molar-refractivity contribution in [3.63, 3.8) is 0 Å². The molecule has 0 fully saturated rings. The summed E-state index contributed by atoms with van der Waals surface area (Å²) in [6.07, 6.45) is 0. The summed E-state index contributed by atoms with van der Waals surface area (Å²) in [6, 6.07) is 2.64. The van der Waals surface area contributed by atoms with Gasteiger partial charge in [0.15, 0.2) is 0 Å². The molecule has 0 bridgehead atoms. The van der Waals surface area contributed by atoms with Gasteiger partial charge < -0.3 is 0 Å². The zero-order valence-corrected chi connectivity index (χ0v) is 8.63. The van der Waals surface area contributed by atoms with Crippen LogP contribution in [-0.4, -0.2) is 9.78 Å². The van der Waals surface area contributed by atoms with E-state index in [9.17, 15) is 0 Å². The van der Waals surface area contributed by atoms with Gasteiger partial charge in [-0.2, -0.15) is 5.10 Å². The van der Waals surface area contributed by atoms with Gasteiger partial charge in [-0.15, -0.1) is 0 Å². The van der Waals surface area contributed by atoms with Gasteiger partial charge in [-0.3, -0.25) is 4.68 Å². The van der Waals surface area contributed by atoms with Gasteiger partial charge in [0.1, 0.15) is 0 Å². The molecule has 0 aliphatic carbocycles. The van der Waals surface area contributed by atoms with Gasteiger partial charge in [-0.05, 0) is 32.8 Å². The van der Waals surface area contributed by atoms with Crippen molar-refractivity contribution in [2.24, 2.45) is 0 Å². The molecule has 1 aromatic heterocycles. The molecule has 12 heavy (non-hydrogen) atoms. The normalized spacial score (nSPS) is 11.6. The minimum Gasteiger partial charge on any atom is -0.267 e. The van der Waals surface area contributed by atoms with E-state index in [1.165, 1.54) is 11.4 Å². The molecule has 1 rings (SSSR count). The van der Waals surface area contributed by atoms with E-state index in [4.69, 9.17) is 0 Å². The molecule has 2 heteroatoms. The van der Waals surface area contributed by atoms with Gasteiger partial charge in [0.25, 0.3) is 0 Å². The second-order valence-electron chi connectivity index (χ2n) is 3.90. The summed E-state index contributed by atoms with van der Waals surface area (Å²) in [5.41, 5.74) is 2.45. The van der Waals surface area contributed by atoms with Crippen LogP contribution in [-0.2, 0) is 0 Å². The second kappa shape index (κ2) is 3.30. The van der Waals surface area contributed by atoms with Crippen molar-refractivity contribution >= 4 is 0 Å². The largest absolute Gasteiger partial charge is 0.267 e. The van der Waals surface area contributed by atoms with E-state index in [1.54, 1.807) is 0 Å². The van der Waals surface area contributed by atoms with Crippen LogP contribution in [0.25, 0.3) is 0 Å². The molecule has 68 valence electrons. The Morgan fingerprint density at radius 2 is 1.83 bits per heavy atom. The molecule has 0 aliphatic heterocycles. The highest BCUT2D eigenvalue weighted by Gasteiger charge is 2.08. The Bertz CT molecular complexity index is 259. The van der Waals surface area contributed by atoms with Crippen molar-refractivity contribution in [2.45, 2.75) is 46.6 Å². The molecule has 0 radical (unpaired) electrons. The number of hydrogen-bond acceptors (Lipinski definition) is 1. The average Bonchev–Trinajstić information content (AvgIpc) is 2.30. The monoisotopic (exact) mass is 166 g/mol. The second-order valence-corrected chi connectivity index (χ2v) is 3.90. The van der Waals surface area contributed by atoms with E-state index < -0.39 is 0 Å². The van der Waals surface area contributed by atoms with Crippen LogP contribution in [0.15, 0.2) is 6.07 Å². The van der Waals surface area contributed by atoms with E-state index in [0.717, 1.165) is 0 Å². The highest BCUT2D eigenvalue weighted by Crippen LogP contribution is 2.16. The highest BCUT2D eigenvalue weighted by atomic mass is 15.3. The van der Waals surface area contributed by atoms with E-state index in [2.05, 4.69) is 50.5 Å². The fourth-order valence-electron chi connectivity index (χ4n) is 1.32. The van der Waals surface area contributed by atoms with Crippen molar-refractivity contribution in [1.82, 2.24) is 9.78 Å². The molecule has 0 N–H and O–H groups in total. The first-order valence-corrected chi connectivity index (χ1v) is 4.58. The zero-order valence-electron chi connectivity index (χ0n) is 8.63. The van der Waals surface area contributed by atoms with E-state index in [1.807, 2.05) is 0 Å². The van der Waals surface area contributed by atoms with E-state index in [-0.39, 0.29) is 0 Å². The summed E-state index contributed by atoms with van der Waals surface area (Å²) in [5, 5.41) is 4.53. The molecule has 0 unspecified atom stereocenters. The number of rotatable bonds is 2. The Hall–Kier alpha value is -0.790. The predicted octanol–water partition coefficient (Wildman–Crippen LogP) is 2.90. The molecule has 0 aromatic carbocycles. The van der Waals surface area contributed by atoms with Gasteiger partial charge in [0, 0.05) is 11.7 Å². The Kier molecular flexibility index (Phi) is 2.55. The van der Waals surface area contributed by atoms with Crippen LogP contribution in [0.5, 0.6) is 0 Å². The Morgan fingerprint density at radius 3 is 2.08 bits per heavy atom. The first kappa shape index (κ1) is 9.30. The molecule has 1 aromatic rings. The summed E-state index contributed by atoms with van der Waals surface area (Å²) in [4.78, 5) is 0. The Balaban J connectivity index is 3.00. The molecule has 0 spiro atoms. The van der Waals surface area contributed by atoms with Gasteiger partial charge in [-0.1, -0.05) is 13.8 Å². The summed E-state index contributed by atoms with van der Waals surface area (Å²) in [6.45, 7) is 10.8. The van der Waals surface area contributed by atoms with E-state index in [0.29, 0.717) is 12.0 Å². The maximum atomic E-state index is 4.53. The molecule has 0 amide bonds. The number of aromatic nitrogens is 2. The molecule has 0 atom stereocenters. The molecule has 0 saturated heterocycles. The topological polar surface area (TPSA) is 17.8 Å². The molecule has 0 saturated carbocycles. The molecule has 0 aliphatic rings. The molecule has 1 heterocycles. The first-order chi connectivity index (χ1) is 5.52. The summed E-state index contributed by atoms with van der Waals surface area (Å²) >= 11 is 0. The van der Waals surface area contributed by atoms with Crippen molar-refractivity contribution < 1.29 is 0 Å². The summed E-state index contributed by atoms with van der Waals surface area (Å²) < 4.78 is 2.08. The summed E-state index contributed by atoms with van der Waals surface area (Å²) in [5.74, 6) is 0.531. The summed E-state index contributed by atoms with van der Waals surface area (Å²) in [7, 11) is 0. The fourth-order valence-corrected chi connectivity index (χ4v) is 1.32. The highest BCUT2D eigenvalue weighted by molar-refractivity contribution is 5.12. The predicted molar refractivity (Wildman–Crippen MR) is 51.4 cm³/mol. The van der Waals surface area contributed by atoms with Crippen molar-refractivity contribution in [1.29, 1.82) is 0 Å². The number of hydrogen-bond donors (Lipinski definition) is 0. The number of nitrogens with zero attached hydrogens (tertiary/aromatic N) is 2. The Morgan fingerprint density at radius 1 is 1.25 bits per heavy atom. The number of aryl methyl sites for hydroxylation is 1. The fraction of sp³-hybridized carbons (Fsp3) is 0.700. The third-order valence-corrected chi connectivity index (χ3v) is 2.02.